The van der Waals surface area contributed by atoms with Gasteiger partial charge < -0.3 is 11.1 Å². The van der Waals surface area contributed by atoms with Gasteiger partial charge in [0.25, 0.3) is 5.91 Å². The van der Waals surface area contributed by atoms with Crippen LogP contribution in [0.15, 0.2) is 35.0 Å². The number of hydrogen-bond acceptors (Lipinski definition) is 4. The Morgan fingerprint density at radius 3 is 2.86 bits per heavy atom. The third-order valence-electron chi connectivity index (χ3n) is 3.48. The number of rotatable bonds is 3. The molecular weight excluding hydrogens is 300 g/mol. The van der Waals surface area contributed by atoms with E-state index < -0.39 is 0 Å². The summed E-state index contributed by atoms with van der Waals surface area (Å²) in [6.45, 7) is 4.00. The zero-order chi connectivity index (χ0) is 15.0. The summed E-state index contributed by atoms with van der Waals surface area (Å²) >= 11 is 3.07. The minimum atomic E-state index is -0.106. The lowest BCUT2D eigenvalue weighted by molar-refractivity contribution is 0.0945. The lowest BCUT2D eigenvalue weighted by Gasteiger charge is -2.11. The highest BCUT2D eigenvalue weighted by Gasteiger charge is 2.18. The number of nitrogens with one attached hydrogen (secondary N) is 1. The van der Waals surface area contributed by atoms with Crippen molar-refractivity contribution in [2.24, 2.45) is 0 Å². The summed E-state index contributed by atoms with van der Waals surface area (Å²) in [5.41, 5.74) is 8.99. The number of anilines is 1. The highest BCUT2D eigenvalue weighted by atomic mass is 32.1. The molecule has 0 spiro atoms. The van der Waals surface area contributed by atoms with Crippen LogP contribution in [0.2, 0.25) is 0 Å². The third-order valence-corrected chi connectivity index (χ3v) is 5.37. The van der Waals surface area contributed by atoms with Crippen molar-refractivity contribution in [1.29, 1.82) is 0 Å². The number of benzene rings is 1. The Morgan fingerprint density at radius 1 is 1.33 bits per heavy atom. The number of amides is 1. The molecule has 0 bridgehead atoms. The van der Waals surface area contributed by atoms with Crippen LogP contribution in [0.3, 0.4) is 0 Å². The molecule has 1 amide bonds. The lowest BCUT2D eigenvalue weighted by atomic mass is 10.1. The van der Waals surface area contributed by atoms with Crippen molar-refractivity contribution in [3.63, 3.8) is 0 Å². The number of thiophene rings is 2. The number of nitrogens with two attached hydrogens (primary N) is 1. The molecule has 2 aromatic heterocycles. The summed E-state index contributed by atoms with van der Waals surface area (Å²) in [4.78, 5) is 13.0. The van der Waals surface area contributed by atoms with Gasteiger partial charge in [-0.3, -0.25) is 4.79 Å². The topological polar surface area (TPSA) is 55.1 Å². The molecule has 0 fully saturated rings. The first kappa shape index (κ1) is 14.1. The van der Waals surface area contributed by atoms with E-state index in [1.165, 1.54) is 11.3 Å². The Balaban J connectivity index is 1.89. The predicted molar refractivity (Wildman–Crippen MR) is 91.2 cm³/mol. The van der Waals surface area contributed by atoms with Gasteiger partial charge in [0.2, 0.25) is 0 Å². The van der Waals surface area contributed by atoms with Gasteiger partial charge in [-0.05, 0) is 48.4 Å². The second-order valence-corrected chi connectivity index (χ2v) is 6.93. The molecule has 1 unspecified atom stereocenters. The molecule has 2 heterocycles. The maximum atomic E-state index is 12.4. The maximum Gasteiger partial charge on any atom is 0.263 e. The average Bonchev–Trinajstić information content (AvgIpc) is 3.08. The molecule has 3 rings (SSSR count). The van der Waals surface area contributed by atoms with E-state index >= 15 is 0 Å². The molecule has 3 aromatic rings. The van der Waals surface area contributed by atoms with Crippen LogP contribution < -0.4 is 11.1 Å². The number of hydrogen-bond donors (Lipinski definition) is 2. The summed E-state index contributed by atoms with van der Waals surface area (Å²) in [7, 11) is 0. The van der Waals surface area contributed by atoms with Gasteiger partial charge in [0, 0.05) is 10.1 Å². The molecule has 0 saturated heterocycles. The van der Waals surface area contributed by atoms with Crippen molar-refractivity contribution in [3.05, 3.63) is 51.0 Å². The average molecular weight is 316 g/mol. The van der Waals surface area contributed by atoms with Crippen molar-refractivity contribution in [3.8, 4) is 0 Å². The van der Waals surface area contributed by atoms with Gasteiger partial charge in [-0.15, -0.1) is 11.3 Å². The number of aryl methyl sites for hydroxylation is 1. The van der Waals surface area contributed by atoms with E-state index in [-0.39, 0.29) is 11.9 Å². The zero-order valence-electron chi connectivity index (χ0n) is 11.8. The molecule has 3 nitrogen and oxygen atoms in total. The van der Waals surface area contributed by atoms with Crippen LogP contribution in [0.4, 0.5) is 5.69 Å². The third kappa shape index (κ3) is 2.66. The molecule has 1 aromatic carbocycles. The minimum absolute atomic E-state index is 0.0184. The Labute approximate surface area is 131 Å². The molecule has 108 valence electrons. The second kappa shape index (κ2) is 5.50. The summed E-state index contributed by atoms with van der Waals surface area (Å²) in [5, 5.41) is 8.03. The van der Waals surface area contributed by atoms with Crippen molar-refractivity contribution in [1.82, 2.24) is 5.32 Å². The molecule has 21 heavy (non-hydrogen) atoms. The predicted octanol–water partition coefficient (Wildman–Crippen LogP) is 4.34. The summed E-state index contributed by atoms with van der Waals surface area (Å²) in [5.74, 6) is -0.106. The molecule has 0 aliphatic carbocycles. The van der Waals surface area contributed by atoms with Crippen LogP contribution in [0.25, 0.3) is 10.1 Å². The largest absolute Gasteiger partial charge is 0.397 e. The standard InChI is InChI=1S/C16H16N2OS2/c1-9-3-4-13-12(7-9)14(17)15(21-13)16(19)18-10(2)11-5-6-20-8-11/h3-8,10H,17H2,1-2H3,(H,18,19). The van der Waals surface area contributed by atoms with Gasteiger partial charge in [-0.25, -0.2) is 0 Å². The number of nitrogen functional groups attached to an aromatic ring is 1. The van der Waals surface area contributed by atoms with Crippen molar-refractivity contribution >= 4 is 44.4 Å². The Morgan fingerprint density at radius 2 is 2.14 bits per heavy atom. The fraction of sp³-hybridized carbons (Fsp3) is 0.188. The molecule has 3 N–H and O–H groups in total. The quantitative estimate of drug-likeness (QED) is 0.755. The molecule has 1 atom stereocenters. The molecule has 0 aliphatic heterocycles. The Hall–Kier alpha value is -1.85. The van der Waals surface area contributed by atoms with Crippen LogP contribution in [-0.4, -0.2) is 5.91 Å². The molecule has 0 radical (unpaired) electrons. The monoisotopic (exact) mass is 316 g/mol. The minimum Gasteiger partial charge on any atom is -0.397 e. The Bertz CT molecular complexity index is 790. The number of carbonyl (C=O) groups is 1. The van der Waals surface area contributed by atoms with E-state index in [2.05, 4.69) is 5.32 Å². The van der Waals surface area contributed by atoms with Crippen molar-refractivity contribution in [2.75, 3.05) is 5.73 Å². The van der Waals surface area contributed by atoms with Gasteiger partial charge in [-0.2, -0.15) is 11.3 Å². The first-order valence-electron chi connectivity index (χ1n) is 6.68. The van der Waals surface area contributed by atoms with E-state index in [0.29, 0.717) is 10.6 Å². The van der Waals surface area contributed by atoms with Crippen LogP contribution in [-0.2, 0) is 0 Å². The van der Waals surface area contributed by atoms with E-state index in [4.69, 9.17) is 5.73 Å². The molecule has 0 aliphatic rings. The van der Waals surface area contributed by atoms with E-state index in [1.54, 1.807) is 11.3 Å². The fourth-order valence-corrected chi connectivity index (χ4v) is 4.03. The zero-order valence-corrected chi connectivity index (χ0v) is 13.5. The number of fused-ring (bicyclic) bond motifs is 1. The van der Waals surface area contributed by atoms with Crippen LogP contribution in [0, 0.1) is 6.92 Å². The SMILES string of the molecule is Cc1ccc2sc(C(=O)NC(C)c3ccsc3)c(N)c2c1. The van der Waals surface area contributed by atoms with Gasteiger partial charge in [0.05, 0.1) is 11.7 Å². The summed E-state index contributed by atoms with van der Waals surface area (Å²) in [6, 6.07) is 8.08. The number of carbonyl (C=O) groups excluding carboxylic acids is 1. The summed E-state index contributed by atoms with van der Waals surface area (Å²) in [6.07, 6.45) is 0. The van der Waals surface area contributed by atoms with Gasteiger partial charge in [-0.1, -0.05) is 11.6 Å². The molecular formula is C16H16N2OS2. The van der Waals surface area contributed by atoms with Gasteiger partial charge in [0.15, 0.2) is 0 Å². The normalized spacial score (nSPS) is 12.5. The van der Waals surface area contributed by atoms with E-state index in [0.717, 1.165) is 21.2 Å². The Kier molecular flexibility index (Phi) is 3.69. The molecule has 5 heteroatoms. The van der Waals surface area contributed by atoms with Crippen LogP contribution >= 0.6 is 22.7 Å². The first-order chi connectivity index (χ1) is 10.1. The van der Waals surface area contributed by atoms with Gasteiger partial charge in [0.1, 0.15) is 4.88 Å². The second-order valence-electron chi connectivity index (χ2n) is 5.10. The van der Waals surface area contributed by atoms with E-state index in [9.17, 15) is 4.79 Å². The summed E-state index contributed by atoms with van der Waals surface area (Å²) < 4.78 is 1.05. The molecule has 0 saturated carbocycles. The van der Waals surface area contributed by atoms with Gasteiger partial charge >= 0.3 is 0 Å². The highest BCUT2D eigenvalue weighted by molar-refractivity contribution is 7.21. The van der Waals surface area contributed by atoms with Crippen LogP contribution in [0.1, 0.15) is 33.8 Å². The first-order valence-corrected chi connectivity index (χ1v) is 8.44. The van der Waals surface area contributed by atoms with Crippen LogP contribution in [0.5, 0.6) is 0 Å². The van der Waals surface area contributed by atoms with Crippen molar-refractivity contribution in [2.45, 2.75) is 19.9 Å². The smallest absolute Gasteiger partial charge is 0.263 e. The fourth-order valence-electron chi connectivity index (χ4n) is 2.27. The van der Waals surface area contributed by atoms with E-state index in [1.807, 2.05) is 48.9 Å². The highest BCUT2D eigenvalue weighted by Crippen LogP contribution is 2.34. The lowest BCUT2D eigenvalue weighted by Crippen LogP contribution is -2.26. The maximum absolute atomic E-state index is 12.4. The van der Waals surface area contributed by atoms with Crippen molar-refractivity contribution < 1.29 is 4.79 Å².